The highest BCUT2D eigenvalue weighted by Crippen LogP contribution is 2.28. The number of piperazine rings is 2. The smallest absolute Gasteiger partial charge is 0.272 e. The number of aromatic nitrogens is 2. The fourth-order valence-corrected chi connectivity index (χ4v) is 11.3. The van der Waals surface area contributed by atoms with E-state index < -0.39 is 0 Å². The average molecular weight is 1060 g/mol. The summed E-state index contributed by atoms with van der Waals surface area (Å²) in [7, 11) is 0. The third-order valence-corrected chi connectivity index (χ3v) is 16.2. The molecular formula is C62H71F3N10O3. The summed E-state index contributed by atoms with van der Waals surface area (Å²) < 4.78 is 42.2. The number of nitrogens with zero attached hydrogens (tertiary/aromatic N) is 8. The summed E-state index contributed by atoms with van der Waals surface area (Å²) in [6, 6.07) is 35.8. The van der Waals surface area contributed by atoms with Crippen LogP contribution in [0.25, 0.3) is 11.1 Å². The van der Waals surface area contributed by atoms with Gasteiger partial charge in [-0.2, -0.15) is 0 Å². The lowest BCUT2D eigenvalue weighted by Gasteiger charge is -2.38. The molecule has 16 heteroatoms. The van der Waals surface area contributed by atoms with Crippen LogP contribution in [-0.2, 0) is 26.1 Å². The van der Waals surface area contributed by atoms with Crippen LogP contribution in [0.1, 0.15) is 97.9 Å². The van der Waals surface area contributed by atoms with Crippen molar-refractivity contribution in [3.05, 3.63) is 190 Å². The lowest BCUT2D eigenvalue weighted by atomic mass is 9.98. The molecule has 2 N–H and O–H groups in total. The van der Waals surface area contributed by atoms with Crippen LogP contribution in [0.4, 0.5) is 13.2 Å². The SMILES string of the molecule is CC(c1ccc(C(=O)N2CCN(CCc3cccc(-c4cc(CN5CCC(NC(=O)c6cccc(C(=O)NC7CCN(Cc8ccc(F)cc8)CC7)n6)CC5)ccc4F)c3)CC2)nc1)N1CCN(Cc2ccc(F)cc2)CC1. The molecule has 6 aromatic rings. The molecule has 0 saturated carbocycles. The van der Waals surface area contributed by atoms with Gasteiger partial charge in [0.15, 0.2) is 0 Å². The molecule has 6 heterocycles. The van der Waals surface area contributed by atoms with Gasteiger partial charge >= 0.3 is 0 Å². The summed E-state index contributed by atoms with van der Waals surface area (Å²) in [6.07, 6.45) is 5.73. The first-order chi connectivity index (χ1) is 37.9. The minimum atomic E-state index is -0.304. The Morgan fingerprint density at radius 3 is 1.63 bits per heavy atom. The van der Waals surface area contributed by atoms with E-state index in [9.17, 15) is 23.2 Å². The van der Waals surface area contributed by atoms with Gasteiger partial charge < -0.3 is 15.5 Å². The maximum absolute atomic E-state index is 15.5. The number of hydrogen-bond donors (Lipinski definition) is 2. The van der Waals surface area contributed by atoms with Crippen molar-refractivity contribution in [3.8, 4) is 11.1 Å². The van der Waals surface area contributed by atoms with Gasteiger partial charge in [0.1, 0.15) is 34.5 Å². The molecule has 4 saturated heterocycles. The van der Waals surface area contributed by atoms with E-state index in [1.54, 1.807) is 36.4 Å². The second-order valence-corrected chi connectivity index (χ2v) is 21.6. The van der Waals surface area contributed by atoms with Gasteiger partial charge in [-0.1, -0.05) is 66.7 Å². The topological polar surface area (TPSA) is 120 Å². The van der Waals surface area contributed by atoms with Gasteiger partial charge in [0, 0.05) is 135 Å². The van der Waals surface area contributed by atoms with E-state index in [4.69, 9.17) is 0 Å². The van der Waals surface area contributed by atoms with Crippen molar-refractivity contribution < 1.29 is 27.6 Å². The first kappa shape index (κ1) is 54.5. The number of likely N-dealkylation sites (tertiary alicyclic amines) is 2. The monoisotopic (exact) mass is 1060 g/mol. The lowest BCUT2D eigenvalue weighted by molar-refractivity contribution is 0.0632. The van der Waals surface area contributed by atoms with Gasteiger partial charge in [-0.3, -0.25) is 43.9 Å². The second kappa shape index (κ2) is 25.8. The van der Waals surface area contributed by atoms with Gasteiger partial charge in [0.25, 0.3) is 17.7 Å². The zero-order valence-electron chi connectivity index (χ0n) is 44.6. The number of pyridine rings is 2. The van der Waals surface area contributed by atoms with Crippen LogP contribution in [0.2, 0.25) is 0 Å². The number of hydrogen-bond acceptors (Lipinski definition) is 10. The zero-order valence-corrected chi connectivity index (χ0v) is 44.6. The molecule has 4 aromatic carbocycles. The quantitative estimate of drug-likeness (QED) is 0.0925. The van der Waals surface area contributed by atoms with E-state index in [1.807, 2.05) is 59.6 Å². The molecule has 78 heavy (non-hydrogen) atoms. The summed E-state index contributed by atoms with van der Waals surface area (Å²) in [5.74, 6) is -1.36. The van der Waals surface area contributed by atoms with Crippen LogP contribution in [0.5, 0.6) is 0 Å². The molecule has 3 amide bonds. The van der Waals surface area contributed by atoms with Crippen LogP contribution < -0.4 is 10.6 Å². The van der Waals surface area contributed by atoms with Crippen LogP contribution in [-0.4, -0.2) is 154 Å². The number of piperidine rings is 2. The number of benzene rings is 4. The Morgan fingerprint density at radius 2 is 1.06 bits per heavy atom. The maximum atomic E-state index is 15.5. The summed E-state index contributed by atoms with van der Waals surface area (Å²) in [6.45, 7) is 14.9. The average Bonchev–Trinajstić information content (AvgIpc) is 3.50. The molecule has 4 aliphatic rings. The Morgan fingerprint density at radius 1 is 0.538 bits per heavy atom. The predicted octanol–water partition coefficient (Wildman–Crippen LogP) is 8.23. The van der Waals surface area contributed by atoms with Crippen LogP contribution in [0, 0.1) is 17.5 Å². The third kappa shape index (κ3) is 14.5. The Bertz CT molecular complexity index is 2970. The van der Waals surface area contributed by atoms with Crippen LogP contribution in [0.3, 0.4) is 0 Å². The number of halogens is 3. The molecule has 4 fully saturated rings. The van der Waals surface area contributed by atoms with E-state index in [0.29, 0.717) is 30.9 Å². The molecule has 0 radical (unpaired) electrons. The van der Waals surface area contributed by atoms with Crippen molar-refractivity contribution in [2.75, 3.05) is 85.1 Å². The first-order valence-corrected chi connectivity index (χ1v) is 27.8. The van der Waals surface area contributed by atoms with E-state index >= 15 is 4.39 Å². The summed E-state index contributed by atoms with van der Waals surface area (Å²) >= 11 is 0. The largest absolute Gasteiger partial charge is 0.348 e. The fourth-order valence-electron chi connectivity index (χ4n) is 11.3. The van der Waals surface area contributed by atoms with Gasteiger partial charge in [0.05, 0.1) is 0 Å². The highest BCUT2D eigenvalue weighted by Gasteiger charge is 2.28. The van der Waals surface area contributed by atoms with Crippen LogP contribution in [0.15, 0.2) is 128 Å². The van der Waals surface area contributed by atoms with E-state index in [2.05, 4.69) is 64.2 Å². The molecule has 1 unspecified atom stereocenters. The maximum Gasteiger partial charge on any atom is 0.272 e. The third-order valence-electron chi connectivity index (χ3n) is 16.2. The lowest BCUT2D eigenvalue weighted by Crippen LogP contribution is -2.49. The Kier molecular flexibility index (Phi) is 18.0. The minimum absolute atomic E-state index is 0.00299. The number of carbonyl (C=O) groups is 3. The molecule has 0 spiro atoms. The number of amides is 3. The Labute approximate surface area is 456 Å². The summed E-state index contributed by atoms with van der Waals surface area (Å²) in [5, 5.41) is 6.24. The summed E-state index contributed by atoms with van der Waals surface area (Å²) in [4.78, 5) is 63.0. The molecule has 10 rings (SSSR count). The molecule has 1 atom stereocenters. The molecule has 4 aliphatic heterocycles. The predicted molar refractivity (Wildman–Crippen MR) is 296 cm³/mol. The molecule has 0 bridgehead atoms. The molecule has 0 aliphatic carbocycles. The molecule has 408 valence electrons. The second-order valence-electron chi connectivity index (χ2n) is 21.6. The standard InChI is InChI=1S/C62H71F3N10O3/c1-44(74-34-32-73(33-35-74)42-47-10-16-52(64)17-11-47)50-13-19-59(66-40-50)62(78)75-36-30-70(31-37-75)25-20-45-4-2-5-49(38-45)55-39-48(12-18-56(55)65)43-72-28-23-54(24-29-72)68-61(77)58-7-3-6-57(69-58)60(76)67-53-21-26-71(27-22-53)41-46-8-14-51(63)15-9-46/h2-19,38-40,44,53-54H,20-37,41-43H2,1H3,(H,67,76)(H,68,77). The Balaban J connectivity index is 0.631. The number of carbonyl (C=O) groups excluding carboxylic acids is 3. The first-order valence-electron chi connectivity index (χ1n) is 27.8. The van der Waals surface area contributed by atoms with E-state index in [-0.39, 0.29) is 64.7 Å². The van der Waals surface area contributed by atoms with Gasteiger partial charge in [-0.05, 0) is 127 Å². The summed E-state index contributed by atoms with van der Waals surface area (Å²) in [5.41, 5.74) is 7.71. The minimum Gasteiger partial charge on any atom is -0.348 e. The number of rotatable bonds is 17. The molecule has 13 nitrogen and oxygen atoms in total. The zero-order chi connectivity index (χ0) is 54.0. The van der Waals surface area contributed by atoms with Crippen molar-refractivity contribution in [3.63, 3.8) is 0 Å². The van der Waals surface area contributed by atoms with E-state index in [0.717, 1.165) is 151 Å². The fraction of sp³-hybridized carbons (Fsp3) is 0.403. The van der Waals surface area contributed by atoms with E-state index in [1.165, 1.54) is 24.3 Å². The highest BCUT2D eigenvalue weighted by atomic mass is 19.1. The van der Waals surface area contributed by atoms with Gasteiger partial charge in [-0.25, -0.2) is 18.2 Å². The van der Waals surface area contributed by atoms with Gasteiger partial charge in [0.2, 0.25) is 0 Å². The van der Waals surface area contributed by atoms with Crippen LogP contribution >= 0.6 is 0 Å². The molecule has 2 aromatic heterocycles. The normalized spacial score (nSPS) is 18.2. The highest BCUT2D eigenvalue weighted by molar-refractivity contribution is 5.96. The van der Waals surface area contributed by atoms with Gasteiger partial charge in [-0.15, -0.1) is 0 Å². The van der Waals surface area contributed by atoms with Crippen molar-refractivity contribution >= 4 is 17.7 Å². The van der Waals surface area contributed by atoms with Crippen molar-refractivity contribution in [1.82, 2.24) is 50.0 Å². The number of nitrogens with one attached hydrogen (secondary N) is 2. The molecular weight excluding hydrogens is 990 g/mol. The van der Waals surface area contributed by atoms with Crippen molar-refractivity contribution in [2.45, 2.75) is 76.8 Å². The van der Waals surface area contributed by atoms with Crippen molar-refractivity contribution in [2.24, 2.45) is 0 Å². The van der Waals surface area contributed by atoms with Crippen molar-refractivity contribution in [1.29, 1.82) is 0 Å². The Hall–Kier alpha value is -6.82.